The Morgan fingerprint density at radius 2 is 1.74 bits per heavy atom. The number of carbonyl (C=O) groups excluding carboxylic acids is 1. The topological polar surface area (TPSA) is 140 Å². The maximum absolute atomic E-state index is 11.8. The van der Waals surface area contributed by atoms with Crippen LogP contribution in [0.1, 0.15) is 16.1 Å². The summed E-state index contributed by atoms with van der Waals surface area (Å²) < 4.78 is 27.4. The van der Waals surface area contributed by atoms with Gasteiger partial charge in [0.2, 0.25) is 10.0 Å². The molecule has 10 heteroatoms. The van der Waals surface area contributed by atoms with Gasteiger partial charge in [0.1, 0.15) is 5.82 Å². The monoisotopic (exact) mass is 387 g/mol. The minimum Gasteiger partial charge on any atom is -0.459 e. The van der Waals surface area contributed by atoms with Gasteiger partial charge in [0.15, 0.2) is 11.6 Å². The summed E-state index contributed by atoms with van der Waals surface area (Å²) >= 11 is 0. The zero-order valence-corrected chi connectivity index (χ0v) is 14.9. The van der Waals surface area contributed by atoms with Crippen molar-refractivity contribution in [3.8, 4) is 0 Å². The van der Waals surface area contributed by atoms with Crippen LogP contribution in [0.3, 0.4) is 0 Å². The summed E-state index contributed by atoms with van der Waals surface area (Å²) in [5.74, 6) is 0.637. The van der Waals surface area contributed by atoms with Gasteiger partial charge in [-0.3, -0.25) is 4.79 Å². The number of hydrogen-bond donors (Lipinski definition) is 3. The first-order valence-corrected chi connectivity index (χ1v) is 9.51. The number of rotatable bonds is 7. The molecule has 3 rings (SSSR count). The third kappa shape index (κ3) is 5.12. The van der Waals surface area contributed by atoms with E-state index in [1.54, 1.807) is 36.4 Å². The van der Waals surface area contributed by atoms with Gasteiger partial charge in [0, 0.05) is 6.54 Å². The molecular weight excluding hydrogens is 370 g/mol. The highest BCUT2D eigenvalue weighted by molar-refractivity contribution is 7.89. The molecule has 0 aliphatic heterocycles. The molecule has 0 atom stereocenters. The number of primary sulfonamides is 1. The number of aromatic nitrogens is 2. The van der Waals surface area contributed by atoms with Crippen LogP contribution in [-0.4, -0.2) is 31.1 Å². The molecule has 0 spiro atoms. The van der Waals surface area contributed by atoms with Crippen molar-refractivity contribution in [2.45, 2.75) is 11.3 Å². The number of hydrogen-bond acceptors (Lipinski definition) is 7. The minimum absolute atomic E-state index is 0.0808. The maximum atomic E-state index is 11.8. The number of nitrogens with one attached hydrogen (secondary N) is 2. The summed E-state index contributed by atoms with van der Waals surface area (Å²) in [7, 11) is -3.68. The van der Waals surface area contributed by atoms with Gasteiger partial charge >= 0.3 is 0 Å². The lowest BCUT2D eigenvalue weighted by atomic mass is 10.1. The van der Waals surface area contributed by atoms with Crippen molar-refractivity contribution >= 4 is 27.6 Å². The standard InChI is InChI=1S/C17H17N5O4S/c18-27(24,25)13-5-3-12(4-6-13)9-10-19-15-7-8-16(22-21-15)20-17(23)14-2-1-11-26-14/h1-8,11H,9-10H2,(H,19,21)(H2,18,24,25)(H,20,22,23). The van der Waals surface area contributed by atoms with Crippen molar-refractivity contribution in [3.05, 3.63) is 66.1 Å². The predicted molar refractivity (Wildman–Crippen MR) is 98.7 cm³/mol. The Morgan fingerprint density at radius 1 is 1.04 bits per heavy atom. The van der Waals surface area contributed by atoms with E-state index in [2.05, 4.69) is 20.8 Å². The fourth-order valence-corrected chi connectivity index (χ4v) is 2.78. The van der Waals surface area contributed by atoms with Crippen molar-refractivity contribution in [1.82, 2.24) is 10.2 Å². The Kier molecular flexibility index (Phi) is 5.48. The maximum Gasteiger partial charge on any atom is 0.292 e. The molecule has 0 aliphatic rings. The number of nitrogens with zero attached hydrogens (tertiary/aromatic N) is 2. The van der Waals surface area contributed by atoms with Gasteiger partial charge in [-0.25, -0.2) is 13.6 Å². The predicted octanol–water partition coefficient (Wildman–Crippen LogP) is 1.62. The van der Waals surface area contributed by atoms with E-state index in [0.717, 1.165) is 5.56 Å². The van der Waals surface area contributed by atoms with Gasteiger partial charge < -0.3 is 15.1 Å². The van der Waals surface area contributed by atoms with Gasteiger partial charge in [-0.05, 0) is 48.4 Å². The number of sulfonamides is 1. The molecule has 2 heterocycles. The second-order valence-electron chi connectivity index (χ2n) is 5.60. The van der Waals surface area contributed by atoms with E-state index in [1.807, 2.05) is 0 Å². The summed E-state index contributed by atoms with van der Waals surface area (Å²) in [6, 6.07) is 12.8. The summed E-state index contributed by atoms with van der Waals surface area (Å²) in [5, 5.41) is 18.7. The van der Waals surface area contributed by atoms with Gasteiger partial charge in [-0.2, -0.15) is 0 Å². The van der Waals surface area contributed by atoms with E-state index >= 15 is 0 Å². The van der Waals surface area contributed by atoms with E-state index in [0.29, 0.717) is 24.6 Å². The molecule has 0 bridgehead atoms. The van der Waals surface area contributed by atoms with Crippen LogP contribution >= 0.6 is 0 Å². The number of nitrogens with two attached hydrogens (primary N) is 1. The Morgan fingerprint density at radius 3 is 2.33 bits per heavy atom. The van der Waals surface area contributed by atoms with Gasteiger partial charge in [-0.1, -0.05) is 12.1 Å². The molecule has 0 radical (unpaired) electrons. The van der Waals surface area contributed by atoms with Crippen molar-refractivity contribution in [1.29, 1.82) is 0 Å². The highest BCUT2D eigenvalue weighted by atomic mass is 32.2. The van der Waals surface area contributed by atoms with Crippen molar-refractivity contribution in [2.24, 2.45) is 5.14 Å². The summed E-state index contributed by atoms with van der Waals surface area (Å²) in [5.41, 5.74) is 0.949. The van der Waals surface area contributed by atoms with Crippen LogP contribution in [0.25, 0.3) is 0 Å². The fraction of sp³-hybridized carbons (Fsp3) is 0.118. The molecule has 3 aromatic rings. The lowest BCUT2D eigenvalue weighted by molar-refractivity contribution is 0.0996. The Labute approximate surface area is 155 Å². The van der Waals surface area contributed by atoms with Gasteiger partial charge in [0.25, 0.3) is 5.91 Å². The van der Waals surface area contributed by atoms with Crippen molar-refractivity contribution in [2.75, 3.05) is 17.2 Å². The van der Waals surface area contributed by atoms with Crippen LogP contribution in [0, 0.1) is 0 Å². The number of furan rings is 1. The Balaban J connectivity index is 1.49. The molecule has 0 unspecified atom stereocenters. The highest BCUT2D eigenvalue weighted by Gasteiger charge is 2.10. The van der Waals surface area contributed by atoms with E-state index in [-0.39, 0.29) is 10.7 Å². The van der Waals surface area contributed by atoms with Crippen LogP contribution in [0.2, 0.25) is 0 Å². The highest BCUT2D eigenvalue weighted by Crippen LogP contribution is 2.11. The normalized spacial score (nSPS) is 11.1. The van der Waals surface area contributed by atoms with Crippen molar-refractivity contribution < 1.29 is 17.6 Å². The SMILES string of the molecule is NS(=O)(=O)c1ccc(CCNc2ccc(NC(=O)c3ccco3)nn2)cc1. The molecule has 0 saturated heterocycles. The van der Waals surface area contributed by atoms with Crippen LogP contribution < -0.4 is 15.8 Å². The molecule has 9 nitrogen and oxygen atoms in total. The first kappa shape index (κ1) is 18.5. The molecule has 1 amide bonds. The second-order valence-corrected chi connectivity index (χ2v) is 7.16. The molecule has 0 saturated carbocycles. The smallest absolute Gasteiger partial charge is 0.292 e. The largest absolute Gasteiger partial charge is 0.459 e. The Hall–Kier alpha value is -3.24. The molecule has 0 fully saturated rings. The first-order chi connectivity index (χ1) is 12.9. The molecule has 4 N–H and O–H groups in total. The minimum atomic E-state index is -3.68. The third-order valence-corrected chi connectivity index (χ3v) is 4.55. The van der Waals surface area contributed by atoms with E-state index in [1.165, 1.54) is 18.4 Å². The van der Waals surface area contributed by atoms with Crippen LogP contribution in [0.5, 0.6) is 0 Å². The molecule has 140 valence electrons. The summed E-state index contributed by atoms with van der Waals surface area (Å²) in [6.45, 7) is 0.571. The lowest BCUT2D eigenvalue weighted by Crippen LogP contribution is -2.13. The van der Waals surface area contributed by atoms with Gasteiger partial charge in [0.05, 0.1) is 11.2 Å². The van der Waals surface area contributed by atoms with Gasteiger partial charge in [-0.15, -0.1) is 10.2 Å². The lowest BCUT2D eigenvalue weighted by Gasteiger charge is -2.07. The number of benzene rings is 1. The third-order valence-electron chi connectivity index (χ3n) is 3.62. The molecule has 2 aromatic heterocycles. The zero-order valence-electron chi connectivity index (χ0n) is 14.1. The van der Waals surface area contributed by atoms with Crippen LogP contribution in [0.15, 0.2) is 64.1 Å². The quantitative estimate of drug-likeness (QED) is 0.559. The first-order valence-electron chi connectivity index (χ1n) is 7.96. The molecular formula is C17H17N5O4S. The number of carbonyl (C=O) groups is 1. The average Bonchev–Trinajstić information content (AvgIpc) is 3.18. The van der Waals surface area contributed by atoms with E-state index < -0.39 is 15.9 Å². The number of anilines is 2. The van der Waals surface area contributed by atoms with Crippen LogP contribution in [-0.2, 0) is 16.4 Å². The summed E-state index contributed by atoms with van der Waals surface area (Å²) in [6.07, 6.45) is 2.07. The average molecular weight is 387 g/mol. The molecule has 1 aromatic carbocycles. The van der Waals surface area contributed by atoms with E-state index in [9.17, 15) is 13.2 Å². The van der Waals surface area contributed by atoms with E-state index in [4.69, 9.17) is 9.56 Å². The summed E-state index contributed by atoms with van der Waals surface area (Å²) in [4.78, 5) is 11.9. The fourth-order valence-electron chi connectivity index (χ4n) is 2.26. The molecule has 27 heavy (non-hydrogen) atoms. The van der Waals surface area contributed by atoms with Crippen molar-refractivity contribution in [3.63, 3.8) is 0 Å². The van der Waals surface area contributed by atoms with Crippen LogP contribution in [0.4, 0.5) is 11.6 Å². The Bertz CT molecular complexity index is 1000. The number of amides is 1. The molecule has 0 aliphatic carbocycles. The zero-order chi connectivity index (χ0) is 19.3. The second kappa shape index (κ2) is 7.98.